The quantitative estimate of drug-likeness (QED) is 0.545. The van der Waals surface area contributed by atoms with E-state index in [-0.39, 0.29) is 18.4 Å². The number of carbonyl (C=O) groups excluding carboxylic acids is 2. The molecule has 0 aromatic heterocycles. The minimum atomic E-state index is -0.385. The Kier molecular flexibility index (Phi) is 8.58. The van der Waals surface area contributed by atoms with Crippen LogP contribution in [-0.2, 0) is 9.59 Å². The number of ether oxygens (including phenoxy) is 1. The van der Waals surface area contributed by atoms with Crippen molar-refractivity contribution < 1.29 is 14.3 Å². The highest BCUT2D eigenvalue weighted by atomic mass is 79.9. The maximum Gasteiger partial charge on any atom is 0.276 e. The Morgan fingerprint density at radius 2 is 1.86 bits per heavy atom. The van der Waals surface area contributed by atoms with Gasteiger partial charge in [0.05, 0.1) is 0 Å². The van der Waals surface area contributed by atoms with Gasteiger partial charge < -0.3 is 4.74 Å². The maximum atomic E-state index is 11.6. The van der Waals surface area contributed by atoms with E-state index < -0.39 is 0 Å². The highest BCUT2D eigenvalue weighted by Gasteiger charge is 2.07. The standard InChI is InChI=1S/C16H23BrN2O3/c1-3-4-5-6-7-15(20)18-19-16(21)11-22-14-9-8-13(17)10-12(14)2/h8-10H,3-7,11H2,1-2H3,(H,18,20)(H,19,21). The Hall–Kier alpha value is -1.56. The third kappa shape index (κ3) is 7.45. The molecule has 0 saturated heterocycles. The number of hydrogen-bond acceptors (Lipinski definition) is 3. The van der Waals surface area contributed by atoms with E-state index in [1.54, 1.807) is 6.07 Å². The number of halogens is 1. The lowest BCUT2D eigenvalue weighted by Gasteiger charge is -2.10. The first-order valence-corrected chi connectivity index (χ1v) is 8.29. The highest BCUT2D eigenvalue weighted by Crippen LogP contribution is 2.21. The molecular weight excluding hydrogens is 348 g/mol. The van der Waals surface area contributed by atoms with Crippen LogP contribution in [0.25, 0.3) is 0 Å². The smallest absolute Gasteiger partial charge is 0.276 e. The zero-order valence-electron chi connectivity index (χ0n) is 13.1. The van der Waals surface area contributed by atoms with Gasteiger partial charge in [0, 0.05) is 10.9 Å². The molecule has 0 aliphatic heterocycles. The molecule has 5 nitrogen and oxygen atoms in total. The second kappa shape index (κ2) is 10.2. The summed E-state index contributed by atoms with van der Waals surface area (Å²) in [6.45, 7) is 3.88. The van der Waals surface area contributed by atoms with Crippen LogP contribution < -0.4 is 15.6 Å². The number of amides is 2. The van der Waals surface area contributed by atoms with Crippen molar-refractivity contribution in [3.05, 3.63) is 28.2 Å². The number of benzene rings is 1. The van der Waals surface area contributed by atoms with Crippen molar-refractivity contribution in [1.82, 2.24) is 10.9 Å². The molecule has 1 rings (SSSR count). The van der Waals surface area contributed by atoms with E-state index in [4.69, 9.17) is 4.74 Å². The van der Waals surface area contributed by atoms with Gasteiger partial charge in [-0.3, -0.25) is 20.4 Å². The fourth-order valence-corrected chi connectivity index (χ4v) is 2.34. The lowest BCUT2D eigenvalue weighted by atomic mass is 10.1. The first-order chi connectivity index (χ1) is 10.5. The van der Waals surface area contributed by atoms with Gasteiger partial charge in [-0.2, -0.15) is 0 Å². The summed E-state index contributed by atoms with van der Waals surface area (Å²) < 4.78 is 6.37. The van der Waals surface area contributed by atoms with Gasteiger partial charge in [-0.15, -0.1) is 0 Å². The first-order valence-electron chi connectivity index (χ1n) is 7.49. The average molecular weight is 371 g/mol. The normalized spacial score (nSPS) is 10.1. The van der Waals surface area contributed by atoms with Crippen molar-refractivity contribution in [2.45, 2.75) is 46.0 Å². The van der Waals surface area contributed by atoms with Crippen LogP contribution in [0.15, 0.2) is 22.7 Å². The molecule has 22 heavy (non-hydrogen) atoms. The van der Waals surface area contributed by atoms with E-state index in [9.17, 15) is 9.59 Å². The number of aryl methyl sites for hydroxylation is 1. The maximum absolute atomic E-state index is 11.6. The number of unbranched alkanes of at least 4 members (excludes halogenated alkanes) is 3. The third-order valence-corrected chi connectivity index (χ3v) is 3.59. The summed E-state index contributed by atoms with van der Waals surface area (Å²) in [7, 11) is 0. The lowest BCUT2D eigenvalue weighted by molar-refractivity contribution is -0.130. The molecule has 0 saturated carbocycles. The summed E-state index contributed by atoms with van der Waals surface area (Å²) in [6, 6.07) is 5.54. The molecular formula is C16H23BrN2O3. The SMILES string of the molecule is CCCCCCC(=O)NNC(=O)COc1ccc(Br)cc1C. The molecule has 0 spiro atoms. The van der Waals surface area contributed by atoms with E-state index in [1.165, 1.54) is 0 Å². The van der Waals surface area contributed by atoms with Gasteiger partial charge in [-0.05, 0) is 37.1 Å². The Balaban J connectivity index is 2.22. The first kappa shape index (κ1) is 18.5. The number of hydrogen-bond donors (Lipinski definition) is 2. The number of rotatable bonds is 8. The molecule has 0 bridgehead atoms. The van der Waals surface area contributed by atoms with Crippen molar-refractivity contribution in [2.75, 3.05) is 6.61 Å². The Labute approximate surface area is 139 Å². The molecule has 0 aliphatic rings. The van der Waals surface area contributed by atoms with Crippen LogP contribution in [0.2, 0.25) is 0 Å². The van der Waals surface area contributed by atoms with Gasteiger partial charge in [0.1, 0.15) is 5.75 Å². The van der Waals surface area contributed by atoms with Gasteiger partial charge in [0.15, 0.2) is 6.61 Å². The predicted octanol–water partition coefficient (Wildman–Crippen LogP) is 3.25. The van der Waals surface area contributed by atoms with Gasteiger partial charge in [0.25, 0.3) is 5.91 Å². The zero-order chi connectivity index (χ0) is 16.4. The predicted molar refractivity (Wildman–Crippen MR) is 89.4 cm³/mol. The summed E-state index contributed by atoms with van der Waals surface area (Å²) in [6.07, 6.45) is 4.55. The van der Waals surface area contributed by atoms with Crippen molar-refractivity contribution in [3.63, 3.8) is 0 Å². The second-order valence-electron chi connectivity index (χ2n) is 5.11. The van der Waals surface area contributed by atoms with Crippen LogP contribution in [0.4, 0.5) is 0 Å². The molecule has 0 aliphatic carbocycles. The van der Waals surface area contributed by atoms with Crippen molar-refractivity contribution >= 4 is 27.7 Å². The molecule has 1 aromatic rings. The van der Waals surface area contributed by atoms with E-state index in [0.29, 0.717) is 12.2 Å². The van der Waals surface area contributed by atoms with Crippen molar-refractivity contribution in [1.29, 1.82) is 0 Å². The number of nitrogens with one attached hydrogen (secondary N) is 2. The van der Waals surface area contributed by atoms with E-state index in [0.717, 1.165) is 35.7 Å². The summed E-state index contributed by atoms with van der Waals surface area (Å²) >= 11 is 3.37. The fourth-order valence-electron chi connectivity index (χ4n) is 1.87. The van der Waals surface area contributed by atoms with Crippen LogP contribution >= 0.6 is 15.9 Å². The summed E-state index contributed by atoms with van der Waals surface area (Å²) in [5, 5.41) is 0. The van der Waals surface area contributed by atoms with E-state index in [2.05, 4.69) is 33.7 Å². The lowest BCUT2D eigenvalue weighted by Crippen LogP contribution is -2.43. The molecule has 0 radical (unpaired) electrons. The Morgan fingerprint density at radius 1 is 1.14 bits per heavy atom. The molecule has 0 unspecified atom stereocenters. The summed E-state index contributed by atoms with van der Waals surface area (Å²) in [4.78, 5) is 23.1. The molecule has 122 valence electrons. The fraction of sp³-hybridized carbons (Fsp3) is 0.500. The Bertz CT molecular complexity index is 506. The number of carbonyl (C=O) groups is 2. The van der Waals surface area contributed by atoms with Gasteiger partial charge in [-0.25, -0.2) is 0 Å². The van der Waals surface area contributed by atoms with Gasteiger partial charge in [-0.1, -0.05) is 42.1 Å². The summed E-state index contributed by atoms with van der Waals surface area (Å²) in [5.41, 5.74) is 5.68. The zero-order valence-corrected chi connectivity index (χ0v) is 14.7. The third-order valence-electron chi connectivity index (χ3n) is 3.09. The van der Waals surface area contributed by atoms with E-state index >= 15 is 0 Å². The highest BCUT2D eigenvalue weighted by molar-refractivity contribution is 9.10. The molecule has 6 heteroatoms. The van der Waals surface area contributed by atoms with Gasteiger partial charge >= 0.3 is 0 Å². The molecule has 0 atom stereocenters. The van der Waals surface area contributed by atoms with E-state index in [1.807, 2.05) is 19.1 Å². The van der Waals surface area contributed by atoms with Crippen LogP contribution in [-0.4, -0.2) is 18.4 Å². The monoisotopic (exact) mass is 370 g/mol. The second-order valence-corrected chi connectivity index (χ2v) is 6.02. The molecule has 0 heterocycles. The summed E-state index contributed by atoms with van der Waals surface area (Å²) in [5.74, 6) is 0.0812. The molecule has 2 amide bonds. The van der Waals surface area contributed by atoms with Crippen LogP contribution in [0, 0.1) is 6.92 Å². The van der Waals surface area contributed by atoms with Crippen LogP contribution in [0.1, 0.15) is 44.6 Å². The molecule has 1 aromatic carbocycles. The van der Waals surface area contributed by atoms with Crippen molar-refractivity contribution in [2.24, 2.45) is 0 Å². The van der Waals surface area contributed by atoms with Crippen molar-refractivity contribution in [3.8, 4) is 5.75 Å². The van der Waals surface area contributed by atoms with Crippen LogP contribution in [0.5, 0.6) is 5.75 Å². The van der Waals surface area contributed by atoms with Gasteiger partial charge in [0.2, 0.25) is 5.91 Å². The average Bonchev–Trinajstić information content (AvgIpc) is 2.48. The molecule has 0 fully saturated rings. The number of hydrazine groups is 1. The largest absolute Gasteiger partial charge is 0.483 e. The van der Waals surface area contributed by atoms with Crippen LogP contribution in [0.3, 0.4) is 0 Å². The molecule has 2 N–H and O–H groups in total. The topological polar surface area (TPSA) is 67.4 Å². The minimum Gasteiger partial charge on any atom is -0.483 e. The Morgan fingerprint density at radius 3 is 2.55 bits per heavy atom. The minimum absolute atomic E-state index is 0.140.